The van der Waals surface area contributed by atoms with E-state index in [1.54, 1.807) is 12.1 Å². The first kappa shape index (κ1) is 17.1. The second-order valence-electron chi connectivity index (χ2n) is 4.50. The van der Waals surface area contributed by atoms with E-state index in [1.165, 1.54) is 17.0 Å². The zero-order valence-electron chi connectivity index (χ0n) is 11.2. The van der Waals surface area contributed by atoms with E-state index in [0.29, 0.717) is 25.7 Å². The Balaban J connectivity index is 2.13. The van der Waals surface area contributed by atoms with Crippen LogP contribution in [0.4, 0.5) is 4.39 Å². The third-order valence-corrected chi connectivity index (χ3v) is 4.77. The molecule has 1 heterocycles. The molecule has 0 bridgehead atoms. The number of carboxylic acids is 1. The van der Waals surface area contributed by atoms with Crippen molar-refractivity contribution in [1.82, 2.24) is 4.90 Å². The number of aliphatic carboxylic acids is 1. The summed E-state index contributed by atoms with van der Waals surface area (Å²) in [5.74, 6) is -1.67. The van der Waals surface area contributed by atoms with Gasteiger partial charge in [-0.05, 0) is 24.6 Å². The lowest BCUT2D eigenvalue weighted by atomic mass is 10.2. The van der Waals surface area contributed by atoms with Crippen molar-refractivity contribution in [2.45, 2.75) is 12.8 Å². The van der Waals surface area contributed by atoms with Gasteiger partial charge in [-0.15, -0.1) is 0 Å². The van der Waals surface area contributed by atoms with Crippen LogP contribution >= 0.6 is 39.9 Å². The molecular weight excluding hydrogens is 393 g/mol. The highest BCUT2D eigenvalue weighted by molar-refractivity contribution is 9.10. The molecule has 0 radical (unpaired) electrons. The Morgan fingerprint density at radius 1 is 1.50 bits per heavy atom. The molecule has 0 atom stereocenters. The molecule has 1 amide bonds. The average Bonchev–Trinajstić information content (AvgIpc) is 2.69. The summed E-state index contributed by atoms with van der Waals surface area (Å²) in [5.41, 5.74) is 0.300. The van der Waals surface area contributed by atoms with Gasteiger partial charge < -0.3 is 5.11 Å². The van der Waals surface area contributed by atoms with Gasteiger partial charge in [-0.2, -0.15) is 0 Å². The van der Waals surface area contributed by atoms with Crippen LogP contribution in [-0.4, -0.2) is 32.7 Å². The van der Waals surface area contributed by atoms with E-state index < -0.39 is 11.8 Å². The molecule has 2 rings (SSSR count). The van der Waals surface area contributed by atoms with Gasteiger partial charge in [-0.25, -0.2) is 4.39 Å². The van der Waals surface area contributed by atoms with Gasteiger partial charge in [0.05, 0.1) is 4.91 Å². The van der Waals surface area contributed by atoms with Crippen molar-refractivity contribution in [1.29, 1.82) is 0 Å². The summed E-state index contributed by atoms with van der Waals surface area (Å²) in [6.07, 6.45) is 1.75. The minimum Gasteiger partial charge on any atom is -0.481 e. The summed E-state index contributed by atoms with van der Waals surface area (Å²) in [6.45, 7) is 0.247. The fraction of sp³-hybridized carbons (Fsp3) is 0.214. The molecule has 0 aromatic heterocycles. The summed E-state index contributed by atoms with van der Waals surface area (Å²) < 4.78 is 14.8. The maximum atomic E-state index is 13.8. The van der Waals surface area contributed by atoms with E-state index in [-0.39, 0.29) is 18.9 Å². The zero-order valence-corrected chi connectivity index (χ0v) is 14.4. The Hall–Kier alpha value is -1.25. The number of rotatable bonds is 5. The van der Waals surface area contributed by atoms with Gasteiger partial charge in [0.1, 0.15) is 10.1 Å². The topological polar surface area (TPSA) is 57.6 Å². The predicted molar refractivity (Wildman–Crippen MR) is 90.8 cm³/mol. The van der Waals surface area contributed by atoms with Gasteiger partial charge >= 0.3 is 5.97 Å². The lowest BCUT2D eigenvalue weighted by Crippen LogP contribution is -2.29. The summed E-state index contributed by atoms with van der Waals surface area (Å²) >= 11 is 9.38. The fourth-order valence-corrected chi connectivity index (χ4v) is 3.47. The van der Waals surface area contributed by atoms with Crippen LogP contribution in [0, 0.1) is 5.82 Å². The van der Waals surface area contributed by atoms with Crippen LogP contribution in [-0.2, 0) is 9.59 Å². The van der Waals surface area contributed by atoms with Crippen molar-refractivity contribution in [2.24, 2.45) is 0 Å². The number of halogens is 2. The molecule has 8 heteroatoms. The SMILES string of the molecule is O=C(O)CCCN1C(=O)/C(=C/c2ccc(Br)cc2F)SC1=S. The first-order chi connectivity index (χ1) is 10.4. The number of thioether (sulfide) groups is 1. The van der Waals surface area contributed by atoms with E-state index in [4.69, 9.17) is 17.3 Å². The van der Waals surface area contributed by atoms with Crippen molar-refractivity contribution in [2.75, 3.05) is 6.54 Å². The van der Waals surface area contributed by atoms with Gasteiger partial charge in [0.15, 0.2) is 0 Å². The Labute approximate surface area is 144 Å². The summed E-state index contributed by atoms with van der Waals surface area (Å²) in [5, 5.41) is 8.62. The number of hydrogen-bond acceptors (Lipinski definition) is 4. The highest BCUT2D eigenvalue weighted by Gasteiger charge is 2.31. The third kappa shape index (κ3) is 4.15. The number of amides is 1. The van der Waals surface area contributed by atoms with E-state index >= 15 is 0 Å². The standard InChI is InChI=1S/C14H11BrFNO3S2/c15-9-4-3-8(10(16)7-9)6-11-13(20)17(14(21)22-11)5-1-2-12(18)19/h3-4,6-7H,1-2,5H2,(H,18,19)/b11-6-. The van der Waals surface area contributed by atoms with Crippen LogP contribution in [0.25, 0.3) is 6.08 Å². The Morgan fingerprint density at radius 3 is 2.86 bits per heavy atom. The van der Waals surface area contributed by atoms with Crippen LogP contribution in [0.5, 0.6) is 0 Å². The second kappa shape index (κ2) is 7.34. The number of nitrogens with zero attached hydrogens (tertiary/aromatic N) is 1. The van der Waals surface area contributed by atoms with Crippen LogP contribution in [0.2, 0.25) is 0 Å². The van der Waals surface area contributed by atoms with E-state index in [0.717, 1.165) is 11.8 Å². The van der Waals surface area contributed by atoms with Gasteiger partial charge in [0, 0.05) is 23.0 Å². The molecule has 0 saturated carbocycles. The summed E-state index contributed by atoms with van der Waals surface area (Å²) in [4.78, 5) is 24.4. The number of benzene rings is 1. The first-order valence-corrected chi connectivity index (χ1v) is 8.32. The molecule has 1 saturated heterocycles. The average molecular weight is 404 g/mol. The van der Waals surface area contributed by atoms with E-state index in [9.17, 15) is 14.0 Å². The molecule has 1 aromatic carbocycles. The van der Waals surface area contributed by atoms with Crippen LogP contribution in [0.1, 0.15) is 18.4 Å². The molecular formula is C14H11BrFNO3S2. The zero-order chi connectivity index (χ0) is 16.3. The number of carbonyl (C=O) groups excluding carboxylic acids is 1. The van der Waals surface area contributed by atoms with E-state index in [2.05, 4.69) is 15.9 Å². The van der Waals surface area contributed by atoms with Gasteiger partial charge in [-0.3, -0.25) is 14.5 Å². The van der Waals surface area contributed by atoms with Gasteiger partial charge in [0.2, 0.25) is 0 Å². The van der Waals surface area contributed by atoms with Gasteiger partial charge in [-0.1, -0.05) is 46.0 Å². The molecule has 22 heavy (non-hydrogen) atoms. The molecule has 1 aliphatic heterocycles. The van der Waals surface area contributed by atoms with Crippen molar-refractivity contribution in [3.05, 3.63) is 39.0 Å². The third-order valence-electron chi connectivity index (χ3n) is 2.90. The summed E-state index contributed by atoms with van der Waals surface area (Å²) in [7, 11) is 0. The van der Waals surface area contributed by atoms with Crippen molar-refractivity contribution in [3.63, 3.8) is 0 Å². The molecule has 1 N–H and O–H groups in total. The number of thiocarbonyl (C=S) groups is 1. The highest BCUT2D eigenvalue weighted by Crippen LogP contribution is 2.33. The fourth-order valence-electron chi connectivity index (χ4n) is 1.84. The van der Waals surface area contributed by atoms with Crippen LogP contribution < -0.4 is 0 Å². The predicted octanol–water partition coefficient (Wildman–Crippen LogP) is 3.65. The molecule has 116 valence electrons. The summed E-state index contributed by atoms with van der Waals surface area (Å²) in [6, 6.07) is 4.57. The Kier molecular flexibility index (Phi) is 5.71. The van der Waals surface area contributed by atoms with Gasteiger partial charge in [0.25, 0.3) is 5.91 Å². The van der Waals surface area contributed by atoms with Crippen molar-refractivity contribution < 1.29 is 19.1 Å². The first-order valence-electron chi connectivity index (χ1n) is 6.30. The molecule has 1 aromatic rings. The maximum absolute atomic E-state index is 13.8. The molecule has 0 spiro atoms. The lowest BCUT2D eigenvalue weighted by molar-refractivity contribution is -0.137. The smallest absolute Gasteiger partial charge is 0.303 e. The van der Waals surface area contributed by atoms with Crippen LogP contribution in [0.3, 0.4) is 0 Å². The van der Waals surface area contributed by atoms with Crippen molar-refractivity contribution in [3.8, 4) is 0 Å². The van der Waals surface area contributed by atoms with E-state index in [1.807, 2.05) is 0 Å². The largest absolute Gasteiger partial charge is 0.481 e. The van der Waals surface area contributed by atoms with Crippen LogP contribution in [0.15, 0.2) is 27.6 Å². The Bertz CT molecular complexity index is 678. The molecule has 1 fully saturated rings. The molecule has 4 nitrogen and oxygen atoms in total. The second-order valence-corrected chi connectivity index (χ2v) is 7.09. The number of hydrogen-bond donors (Lipinski definition) is 1. The maximum Gasteiger partial charge on any atom is 0.303 e. The highest BCUT2D eigenvalue weighted by atomic mass is 79.9. The quantitative estimate of drug-likeness (QED) is 0.600. The monoisotopic (exact) mass is 403 g/mol. The molecule has 0 aliphatic carbocycles. The lowest BCUT2D eigenvalue weighted by Gasteiger charge is -2.13. The molecule has 1 aliphatic rings. The van der Waals surface area contributed by atoms with Crippen molar-refractivity contribution >= 4 is 62.2 Å². The Morgan fingerprint density at radius 2 is 2.23 bits per heavy atom. The minimum absolute atomic E-state index is 0.0303. The number of carboxylic acid groups (broad SMARTS) is 1. The number of carbonyl (C=O) groups is 2. The minimum atomic E-state index is -0.919. The molecule has 0 unspecified atom stereocenters. The normalized spacial score (nSPS) is 16.6.